The first-order valence-electron chi connectivity index (χ1n) is 11.4. The summed E-state index contributed by atoms with van der Waals surface area (Å²) < 4.78 is 0. The standard InChI is InChI=1S/C24H32N4O3/c1-3-16-4-6-20(7-5-16)25-22(30)23(31)28-27-15(2)8-21(29)26-24-12-17-9-18(13-24)11-19(10-17)14-24/h4-7,17-19H,3,8-14H2,1-2H3,(H,25,30)(H,26,29)(H,28,31). The van der Waals surface area contributed by atoms with E-state index in [4.69, 9.17) is 0 Å². The molecule has 0 heterocycles. The van der Waals surface area contributed by atoms with Crippen molar-refractivity contribution in [2.45, 2.75) is 70.8 Å². The molecule has 166 valence electrons. The smallest absolute Gasteiger partial charge is 0.329 e. The first-order valence-corrected chi connectivity index (χ1v) is 11.4. The van der Waals surface area contributed by atoms with E-state index in [-0.39, 0.29) is 17.9 Å². The Bertz CT molecular complexity index is 855. The lowest BCUT2D eigenvalue weighted by Gasteiger charge is -2.56. The van der Waals surface area contributed by atoms with Crippen LogP contribution in [0.4, 0.5) is 5.69 Å². The fourth-order valence-corrected chi connectivity index (χ4v) is 6.08. The van der Waals surface area contributed by atoms with Crippen LogP contribution < -0.4 is 16.1 Å². The van der Waals surface area contributed by atoms with Crippen LogP contribution in [0.5, 0.6) is 0 Å². The Balaban J connectivity index is 1.25. The second kappa shape index (κ2) is 8.81. The molecule has 4 saturated carbocycles. The van der Waals surface area contributed by atoms with E-state index in [1.807, 2.05) is 19.1 Å². The number of amides is 3. The number of hydrogen-bond donors (Lipinski definition) is 3. The van der Waals surface area contributed by atoms with Crippen molar-refractivity contribution in [1.82, 2.24) is 10.7 Å². The van der Waals surface area contributed by atoms with Crippen LogP contribution in [0.3, 0.4) is 0 Å². The third-order valence-corrected chi connectivity index (χ3v) is 7.03. The molecule has 31 heavy (non-hydrogen) atoms. The average molecular weight is 425 g/mol. The van der Waals surface area contributed by atoms with Crippen LogP contribution in [0.1, 0.15) is 64.4 Å². The van der Waals surface area contributed by atoms with E-state index in [1.54, 1.807) is 19.1 Å². The van der Waals surface area contributed by atoms with Gasteiger partial charge in [0.1, 0.15) is 0 Å². The van der Waals surface area contributed by atoms with Crippen LogP contribution in [0.2, 0.25) is 0 Å². The monoisotopic (exact) mass is 424 g/mol. The molecule has 0 radical (unpaired) electrons. The van der Waals surface area contributed by atoms with Gasteiger partial charge in [-0.05, 0) is 87.3 Å². The molecular weight excluding hydrogens is 392 g/mol. The summed E-state index contributed by atoms with van der Waals surface area (Å²) in [5.41, 5.74) is 4.37. The van der Waals surface area contributed by atoms with Gasteiger partial charge in [0, 0.05) is 16.9 Å². The predicted octanol–water partition coefficient (Wildman–Crippen LogP) is 3.15. The SMILES string of the molecule is CCc1ccc(NC(=O)C(=O)NN=C(C)CC(=O)NC23CC4CC(CC(C4)C2)C3)cc1. The summed E-state index contributed by atoms with van der Waals surface area (Å²) in [6, 6.07) is 7.32. The molecule has 1 aromatic carbocycles. The van der Waals surface area contributed by atoms with Crippen LogP contribution in [0, 0.1) is 17.8 Å². The molecule has 0 spiro atoms. The van der Waals surface area contributed by atoms with Crippen molar-refractivity contribution in [1.29, 1.82) is 0 Å². The van der Waals surface area contributed by atoms with Crippen LogP contribution in [0.25, 0.3) is 0 Å². The number of carbonyl (C=O) groups excluding carboxylic acids is 3. The van der Waals surface area contributed by atoms with Crippen molar-refractivity contribution in [3.05, 3.63) is 29.8 Å². The molecule has 4 aliphatic rings. The number of benzene rings is 1. The highest BCUT2D eigenvalue weighted by atomic mass is 16.2. The maximum atomic E-state index is 12.6. The molecule has 3 N–H and O–H groups in total. The Labute approximate surface area is 183 Å². The van der Waals surface area contributed by atoms with Gasteiger partial charge in [0.25, 0.3) is 0 Å². The molecule has 3 amide bonds. The summed E-state index contributed by atoms with van der Waals surface area (Å²) in [5, 5.41) is 9.78. The van der Waals surface area contributed by atoms with Gasteiger partial charge in [0.15, 0.2) is 0 Å². The van der Waals surface area contributed by atoms with E-state index in [9.17, 15) is 14.4 Å². The number of hydrogen-bond acceptors (Lipinski definition) is 4. The zero-order valence-electron chi connectivity index (χ0n) is 18.4. The number of rotatable bonds is 6. The molecule has 1 aromatic rings. The van der Waals surface area contributed by atoms with Crippen molar-refractivity contribution in [2.75, 3.05) is 5.32 Å². The minimum atomic E-state index is -0.861. The maximum absolute atomic E-state index is 12.6. The third-order valence-electron chi connectivity index (χ3n) is 7.03. The summed E-state index contributed by atoms with van der Waals surface area (Å²) in [7, 11) is 0. The van der Waals surface area contributed by atoms with Crippen LogP contribution >= 0.6 is 0 Å². The van der Waals surface area contributed by atoms with Gasteiger partial charge in [0.2, 0.25) is 5.91 Å². The third kappa shape index (κ3) is 5.14. The minimum Gasteiger partial charge on any atom is -0.350 e. The molecule has 0 unspecified atom stereocenters. The highest BCUT2D eigenvalue weighted by Crippen LogP contribution is 2.55. The first-order chi connectivity index (χ1) is 14.8. The van der Waals surface area contributed by atoms with Gasteiger partial charge in [0.05, 0.1) is 6.42 Å². The Kier molecular flexibility index (Phi) is 6.12. The lowest BCUT2D eigenvalue weighted by Crippen LogP contribution is -2.60. The lowest BCUT2D eigenvalue weighted by molar-refractivity contribution is -0.136. The zero-order chi connectivity index (χ0) is 22.0. The molecule has 4 bridgehead atoms. The van der Waals surface area contributed by atoms with E-state index in [0.717, 1.165) is 49.0 Å². The zero-order valence-corrected chi connectivity index (χ0v) is 18.4. The van der Waals surface area contributed by atoms with E-state index >= 15 is 0 Å². The fourth-order valence-electron chi connectivity index (χ4n) is 6.08. The highest BCUT2D eigenvalue weighted by Gasteiger charge is 2.51. The molecule has 4 fully saturated rings. The predicted molar refractivity (Wildman–Crippen MR) is 119 cm³/mol. The number of nitrogens with one attached hydrogen (secondary N) is 3. The minimum absolute atomic E-state index is 0.0391. The summed E-state index contributed by atoms with van der Waals surface area (Å²) in [6.07, 6.45) is 8.28. The Morgan fingerprint density at radius 2 is 1.55 bits per heavy atom. The lowest BCUT2D eigenvalue weighted by atomic mass is 9.53. The normalized spacial score (nSPS) is 28.8. The van der Waals surface area contributed by atoms with Crippen LogP contribution in [-0.4, -0.2) is 29.0 Å². The van der Waals surface area contributed by atoms with Gasteiger partial charge in [-0.15, -0.1) is 0 Å². The Morgan fingerprint density at radius 1 is 0.968 bits per heavy atom. The number of carbonyl (C=O) groups is 3. The number of hydrazone groups is 1. The van der Waals surface area contributed by atoms with Crippen molar-refractivity contribution in [2.24, 2.45) is 22.9 Å². The van der Waals surface area contributed by atoms with Crippen LogP contribution in [-0.2, 0) is 20.8 Å². The average Bonchev–Trinajstić information content (AvgIpc) is 2.71. The molecule has 0 aliphatic heterocycles. The Hall–Kier alpha value is -2.70. The second-order valence-electron chi connectivity index (χ2n) is 9.72. The van der Waals surface area contributed by atoms with Crippen molar-refractivity contribution >= 4 is 29.1 Å². The quantitative estimate of drug-likeness (QED) is 0.372. The number of nitrogens with zero attached hydrogens (tertiary/aromatic N) is 1. The van der Waals surface area contributed by atoms with Gasteiger partial charge in [-0.25, -0.2) is 5.43 Å². The fraction of sp³-hybridized carbons (Fsp3) is 0.583. The van der Waals surface area contributed by atoms with E-state index in [2.05, 4.69) is 21.2 Å². The second-order valence-corrected chi connectivity index (χ2v) is 9.72. The van der Waals surface area contributed by atoms with E-state index in [1.165, 1.54) is 19.3 Å². The van der Waals surface area contributed by atoms with Gasteiger partial charge in [-0.3, -0.25) is 14.4 Å². The summed E-state index contributed by atoms with van der Waals surface area (Å²) in [6.45, 7) is 3.73. The molecule has 0 saturated heterocycles. The van der Waals surface area contributed by atoms with Gasteiger partial charge >= 0.3 is 11.8 Å². The van der Waals surface area contributed by atoms with E-state index in [0.29, 0.717) is 11.4 Å². The van der Waals surface area contributed by atoms with Crippen molar-refractivity contribution < 1.29 is 14.4 Å². The molecule has 5 rings (SSSR count). The highest BCUT2D eigenvalue weighted by molar-refractivity contribution is 6.39. The number of aryl methyl sites for hydroxylation is 1. The van der Waals surface area contributed by atoms with Gasteiger partial charge in [-0.2, -0.15) is 5.10 Å². The molecule has 7 heteroatoms. The number of anilines is 1. The van der Waals surface area contributed by atoms with E-state index < -0.39 is 11.8 Å². The van der Waals surface area contributed by atoms with Gasteiger partial charge < -0.3 is 10.6 Å². The molecule has 4 aliphatic carbocycles. The molecule has 0 aromatic heterocycles. The first kappa shape index (κ1) is 21.5. The summed E-state index contributed by atoms with van der Waals surface area (Å²) in [5.74, 6) is 0.573. The summed E-state index contributed by atoms with van der Waals surface area (Å²) >= 11 is 0. The van der Waals surface area contributed by atoms with Gasteiger partial charge in [-0.1, -0.05) is 19.1 Å². The van der Waals surface area contributed by atoms with Crippen molar-refractivity contribution in [3.63, 3.8) is 0 Å². The van der Waals surface area contributed by atoms with Crippen LogP contribution in [0.15, 0.2) is 29.4 Å². The molecule has 0 atom stereocenters. The molecule has 7 nitrogen and oxygen atoms in total. The summed E-state index contributed by atoms with van der Waals surface area (Å²) in [4.78, 5) is 36.7. The Morgan fingerprint density at radius 3 is 2.10 bits per heavy atom. The maximum Gasteiger partial charge on any atom is 0.329 e. The molecular formula is C24H32N4O3. The van der Waals surface area contributed by atoms with Crippen molar-refractivity contribution in [3.8, 4) is 0 Å². The largest absolute Gasteiger partial charge is 0.350 e. The topological polar surface area (TPSA) is 99.7 Å².